The van der Waals surface area contributed by atoms with Gasteiger partial charge in [-0.05, 0) is 31.0 Å². The number of anilines is 1. The van der Waals surface area contributed by atoms with E-state index >= 15 is 0 Å². The van der Waals surface area contributed by atoms with Crippen LogP contribution in [0.25, 0.3) is 0 Å². The minimum Gasteiger partial charge on any atom is -0.467 e. The quantitative estimate of drug-likeness (QED) is 0.847. The maximum absolute atomic E-state index is 12.6. The van der Waals surface area contributed by atoms with Gasteiger partial charge in [-0.3, -0.25) is 4.79 Å². The molecular weight excluding hydrogens is 302 g/mol. The summed E-state index contributed by atoms with van der Waals surface area (Å²) in [5.41, 5.74) is 3.11. The van der Waals surface area contributed by atoms with Crippen molar-refractivity contribution in [1.29, 1.82) is 5.26 Å². The van der Waals surface area contributed by atoms with Crippen molar-refractivity contribution in [2.24, 2.45) is 0 Å². The Bertz CT molecular complexity index is 775. The summed E-state index contributed by atoms with van der Waals surface area (Å²) in [7, 11) is 1.71. The molecule has 0 saturated heterocycles. The molecule has 1 aromatic carbocycles. The number of benzene rings is 1. The number of nitrogens with zero attached hydrogens (tertiary/aromatic N) is 3. The third-order valence-corrected chi connectivity index (χ3v) is 4.54. The summed E-state index contributed by atoms with van der Waals surface area (Å²) in [6.45, 7) is 3.17. The molecule has 24 heavy (non-hydrogen) atoms. The van der Waals surface area contributed by atoms with Gasteiger partial charge in [-0.15, -0.1) is 0 Å². The number of nitriles is 1. The van der Waals surface area contributed by atoms with Crippen LogP contribution in [0, 0.1) is 11.3 Å². The number of rotatable bonds is 5. The first-order chi connectivity index (χ1) is 11.6. The fourth-order valence-corrected chi connectivity index (χ4v) is 3.20. The molecule has 0 fully saturated rings. The van der Waals surface area contributed by atoms with Crippen LogP contribution >= 0.6 is 0 Å². The molecule has 1 aromatic heterocycles. The molecule has 0 bridgehead atoms. The number of para-hydroxylation sites is 1. The van der Waals surface area contributed by atoms with Crippen LogP contribution in [0.2, 0.25) is 0 Å². The van der Waals surface area contributed by atoms with Gasteiger partial charge in [0.05, 0.1) is 30.9 Å². The second kappa shape index (κ2) is 6.79. The Labute approximate surface area is 142 Å². The highest BCUT2D eigenvalue weighted by molar-refractivity contribution is 5.95. The van der Waals surface area contributed by atoms with Gasteiger partial charge in [-0.1, -0.05) is 18.2 Å². The Morgan fingerprint density at radius 2 is 2.21 bits per heavy atom. The molecule has 1 unspecified atom stereocenters. The van der Waals surface area contributed by atoms with Gasteiger partial charge in [-0.2, -0.15) is 5.26 Å². The van der Waals surface area contributed by atoms with Crippen LogP contribution in [0.1, 0.15) is 35.0 Å². The summed E-state index contributed by atoms with van der Waals surface area (Å²) in [6, 6.07) is 12.5. The predicted octanol–water partition coefficient (Wildman–Crippen LogP) is 3.22. The minimum atomic E-state index is -0.103. The first-order valence-electron chi connectivity index (χ1n) is 8.15. The van der Waals surface area contributed by atoms with Gasteiger partial charge in [-0.25, -0.2) is 0 Å². The number of amides is 1. The summed E-state index contributed by atoms with van der Waals surface area (Å²) < 4.78 is 5.61. The van der Waals surface area contributed by atoms with E-state index < -0.39 is 0 Å². The highest BCUT2D eigenvalue weighted by atomic mass is 16.3. The van der Waals surface area contributed by atoms with E-state index in [1.165, 1.54) is 11.3 Å². The molecule has 0 saturated carbocycles. The highest BCUT2D eigenvalue weighted by Crippen LogP contribution is 2.33. The lowest BCUT2D eigenvalue weighted by molar-refractivity contribution is 0.0795. The Morgan fingerprint density at radius 3 is 3.00 bits per heavy atom. The smallest absolute Gasteiger partial charge is 0.257 e. The lowest BCUT2D eigenvalue weighted by Gasteiger charge is -2.24. The number of furan rings is 1. The third kappa shape index (κ3) is 3.00. The number of hydrogen-bond acceptors (Lipinski definition) is 4. The molecule has 1 aliphatic rings. The number of carbonyl (C=O) groups is 1. The van der Waals surface area contributed by atoms with Crippen molar-refractivity contribution in [3.63, 3.8) is 0 Å². The number of fused-ring (bicyclic) bond motifs is 1. The Morgan fingerprint density at radius 1 is 1.42 bits per heavy atom. The summed E-state index contributed by atoms with van der Waals surface area (Å²) in [6.07, 6.45) is 2.89. The molecule has 2 heterocycles. The Kier molecular flexibility index (Phi) is 4.57. The van der Waals surface area contributed by atoms with E-state index in [-0.39, 0.29) is 5.91 Å². The van der Waals surface area contributed by atoms with Crippen molar-refractivity contribution in [1.82, 2.24) is 4.90 Å². The normalized spacial score (nSPS) is 15.9. The van der Waals surface area contributed by atoms with E-state index in [0.29, 0.717) is 36.9 Å². The van der Waals surface area contributed by atoms with Crippen molar-refractivity contribution in [3.05, 3.63) is 53.5 Å². The van der Waals surface area contributed by atoms with Crippen LogP contribution in [0.4, 0.5) is 5.69 Å². The molecule has 0 aliphatic carbocycles. The molecule has 2 aromatic rings. The van der Waals surface area contributed by atoms with E-state index in [1.54, 1.807) is 24.3 Å². The molecular formula is C19H21N3O2. The lowest BCUT2D eigenvalue weighted by atomic mass is 10.1. The van der Waals surface area contributed by atoms with Gasteiger partial charge in [0.25, 0.3) is 5.91 Å². The largest absolute Gasteiger partial charge is 0.467 e. The topological polar surface area (TPSA) is 60.5 Å². The zero-order valence-electron chi connectivity index (χ0n) is 14.0. The average molecular weight is 323 g/mol. The van der Waals surface area contributed by atoms with Crippen molar-refractivity contribution in [2.45, 2.75) is 32.4 Å². The minimum absolute atomic E-state index is 0.103. The first kappa shape index (κ1) is 16.1. The summed E-state index contributed by atoms with van der Waals surface area (Å²) in [5, 5.41) is 8.68. The molecule has 124 valence electrons. The highest BCUT2D eigenvalue weighted by Gasteiger charge is 2.28. The third-order valence-electron chi connectivity index (χ3n) is 4.54. The first-order valence-corrected chi connectivity index (χ1v) is 8.15. The van der Waals surface area contributed by atoms with Crippen LogP contribution in [-0.2, 0) is 13.0 Å². The second-order valence-corrected chi connectivity index (χ2v) is 6.20. The van der Waals surface area contributed by atoms with Crippen molar-refractivity contribution < 1.29 is 9.21 Å². The molecule has 5 heteroatoms. The zero-order chi connectivity index (χ0) is 17.1. The van der Waals surface area contributed by atoms with Gasteiger partial charge in [0.15, 0.2) is 0 Å². The second-order valence-electron chi connectivity index (χ2n) is 6.20. The van der Waals surface area contributed by atoms with Gasteiger partial charge >= 0.3 is 0 Å². The molecule has 3 rings (SSSR count). The Hall–Kier alpha value is -2.74. The van der Waals surface area contributed by atoms with E-state index in [9.17, 15) is 4.79 Å². The van der Waals surface area contributed by atoms with Crippen molar-refractivity contribution in [3.8, 4) is 6.07 Å². The summed E-state index contributed by atoms with van der Waals surface area (Å²) >= 11 is 0. The lowest BCUT2D eigenvalue weighted by Crippen LogP contribution is -2.31. The SMILES string of the molecule is CC1Cc2ccccc2N1Cc1occc1C(=O)N(C)CCC#N. The fourth-order valence-electron chi connectivity index (χ4n) is 3.20. The Balaban J connectivity index is 1.79. The average Bonchev–Trinajstić information content (AvgIpc) is 3.17. The van der Waals surface area contributed by atoms with Crippen LogP contribution in [0.3, 0.4) is 0 Å². The van der Waals surface area contributed by atoms with Crippen molar-refractivity contribution >= 4 is 11.6 Å². The predicted molar refractivity (Wildman–Crippen MR) is 91.7 cm³/mol. The number of carbonyl (C=O) groups excluding carboxylic acids is 1. The maximum atomic E-state index is 12.6. The standard InChI is InChI=1S/C19H21N3O2/c1-14-12-15-6-3-4-7-17(15)22(14)13-18-16(8-11-24-18)19(23)21(2)10-5-9-20/h3-4,6-8,11,14H,5,10,12-13H2,1-2H3. The van der Waals surface area contributed by atoms with E-state index in [0.717, 1.165) is 6.42 Å². The fraction of sp³-hybridized carbons (Fsp3) is 0.368. The molecule has 1 aliphatic heterocycles. The van der Waals surface area contributed by atoms with Gasteiger partial charge in [0, 0.05) is 25.3 Å². The monoisotopic (exact) mass is 323 g/mol. The van der Waals surface area contributed by atoms with E-state index in [1.807, 2.05) is 6.07 Å². The molecule has 0 N–H and O–H groups in total. The summed E-state index contributed by atoms with van der Waals surface area (Å²) in [4.78, 5) is 16.4. The molecule has 1 amide bonds. The van der Waals surface area contributed by atoms with Gasteiger partial charge < -0.3 is 14.2 Å². The van der Waals surface area contributed by atoms with Crippen molar-refractivity contribution in [2.75, 3.05) is 18.5 Å². The van der Waals surface area contributed by atoms with Crippen LogP contribution in [-0.4, -0.2) is 30.4 Å². The molecule has 0 spiro atoms. The van der Waals surface area contributed by atoms with Gasteiger partial charge in [0.2, 0.25) is 0 Å². The molecule has 1 atom stereocenters. The van der Waals surface area contributed by atoms with Crippen LogP contribution < -0.4 is 4.90 Å². The van der Waals surface area contributed by atoms with Gasteiger partial charge in [0.1, 0.15) is 5.76 Å². The van der Waals surface area contributed by atoms with Crippen LogP contribution in [0.5, 0.6) is 0 Å². The molecule has 5 nitrogen and oxygen atoms in total. The number of hydrogen-bond donors (Lipinski definition) is 0. The summed E-state index contributed by atoms with van der Waals surface area (Å²) in [5.74, 6) is 0.571. The van der Waals surface area contributed by atoms with E-state index in [2.05, 4.69) is 36.1 Å². The zero-order valence-corrected chi connectivity index (χ0v) is 14.0. The molecule has 0 radical (unpaired) electrons. The maximum Gasteiger partial charge on any atom is 0.257 e. The van der Waals surface area contributed by atoms with Crippen LogP contribution in [0.15, 0.2) is 41.0 Å². The van der Waals surface area contributed by atoms with E-state index in [4.69, 9.17) is 9.68 Å².